The SMILES string of the molecule is c1cc2c(N3CCC3)ncnc2cn1. The van der Waals surface area contributed by atoms with Crippen molar-refractivity contribution < 1.29 is 0 Å². The summed E-state index contributed by atoms with van der Waals surface area (Å²) in [6, 6.07) is 1.98. The molecule has 3 rings (SSSR count). The Labute approximate surface area is 81.6 Å². The zero-order valence-electron chi connectivity index (χ0n) is 7.72. The van der Waals surface area contributed by atoms with Crippen molar-refractivity contribution in [1.29, 1.82) is 0 Å². The van der Waals surface area contributed by atoms with E-state index < -0.39 is 0 Å². The molecule has 0 aromatic carbocycles. The van der Waals surface area contributed by atoms with Gasteiger partial charge in [0.2, 0.25) is 0 Å². The van der Waals surface area contributed by atoms with Crippen LogP contribution < -0.4 is 4.90 Å². The molecular weight excluding hydrogens is 176 g/mol. The Morgan fingerprint density at radius 1 is 1.21 bits per heavy atom. The maximum Gasteiger partial charge on any atom is 0.139 e. The van der Waals surface area contributed by atoms with Gasteiger partial charge in [0.15, 0.2) is 0 Å². The third-order valence-electron chi connectivity index (χ3n) is 2.57. The van der Waals surface area contributed by atoms with Crippen LogP contribution in [0.2, 0.25) is 0 Å². The van der Waals surface area contributed by atoms with E-state index in [2.05, 4.69) is 19.9 Å². The molecule has 4 nitrogen and oxygen atoms in total. The highest BCUT2D eigenvalue weighted by Gasteiger charge is 2.17. The fourth-order valence-corrected chi connectivity index (χ4v) is 1.67. The molecule has 0 amide bonds. The van der Waals surface area contributed by atoms with Gasteiger partial charge in [-0.2, -0.15) is 0 Å². The molecule has 1 fully saturated rings. The first-order valence-electron chi connectivity index (χ1n) is 4.75. The van der Waals surface area contributed by atoms with Crippen molar-refractivity contribution in [1.82, 2.24) is 15.0 Å². The minimum Gasteiger partial charge on any atom is -0.356 e. The third-order valence-corrected chi connectivity index (χ3v) is 2.57. The van der Waals surface area contributed by atoms with Crippen molar-refractivity contribution in [3.05, 3.63) is 24.8 Å². The van der Waals surface area contributed by atoms with Crippen molar-refractivity contribution in [3.8, 4) is 0 Å². The van der Waals surface area contributed by atoms with Crippen LogP contribution in [0.5, 0.6) is 0 Å². The average Bonchev–Trinajstić information content (AvgIpc) is 2.16. The average molecular weight is 186 g/mol. The second kappa shape index (κ2) is 2.90. The highest BCUT2D eigenvalue weighted by Crippen LogP contribution is 2.25. The van der Waals surface area contributed by atoms with Gasteiger partial charge in [-0.25, -0.2) is 9.97 Å². The van der Waals surface area contributed by atoms with Gasteiger partial charge in [-0.1, -0.05) is 0 Å². The van der Waals surface area contributed by atoms with E-state index in [0.29, 0.717) is 0 Å². The van der Waals surface area contributed by atoms with E-state index in [-0.39, 0.29) is 0 Å². The first-order valence-corrected chi connectivity index (χ1v) is 4.75. The normalized spacial score (nSPS) is 15.6. The molecule has 1 saturated heterocycles. The van der Waals surface area contributed by atoms with Gasteiger partial charge < -0.3 is 4.90 Å². The Morgan fingerprint density at radius 2 is 2.14 bits per heavy atom. The van der Waals surface area contributed by atoms with Crippen LogP contribution in [0.4, 0.5) is 5.82 Å². The molecule has 2 aromatic rings. The van der Waals surface area contributed by atoms with Gasteiger partial charge in [-0.05, 0) is 12.5 Å². The lowest BCUT2D eigenvalue weighted by Gasteiger charge is -2.32. The smallest absolute Gasteiger partial charge is 0.139 e. The van der Waals surface area contributed by atoms with Crippen molar-refractivity contribution in [2.75, 3.05) is 18.0 Å². The number of hydrogen-bond donors (Lipinski definition) is 0. The lowest BCUT2D eigenvalue weighted by Crippen LogP contribution is -2.37. The summed E-state index contributed by atoms with van der Waals surface area (Å²) >= 11 is 0. The standard InChI is InChI=1S/C10H10N4/c1-4-14(5-1)10-8-2-3-11-6-9(8)12-7-13-10/h2-3,6-7H,1,4-5H2. The number of anilines is 1. The van der Waals surface area contributed by atoms with Crippen molar-refractivity contribution >= 4 is 16.7 Å². The molecule has 0 bridgehead atoms. The fraction of sp³-hybridized carbons (Fsp3) is 0.300. The van der Waals surface area contributed by atoms with Gasteiger partial charge in [-0.15, -0.1) is 0 Å². The van der Waals surface area contributed by atoms with Crippen LogP contribution >= 0.6 is 0 Å². The molecule has 0 N–H and O–H groups in total. The minimum absolute atomic E-state index is 0.921. The minimum atomic E-state index is 0.921. The summed E-state index contributed by atoms with van der Waals surface area (Å²) in [7, 11) is 0. The van der Waals surface area contributed by atoms with E-state index in [1.165, 1.54) is 6.42 Å². The summed E-state index contributed by atoms with van der Waals surface area (Å²) in [6.07, 6.45) is 6.43. The van der Waals surface area contributed by atoms with E-state index in [0.717, 1.165) is 29.8 Å². The van der Waals surface area contributed by atoms with E-state index in [4.69, 9.17) is 0 Å². The van der Waals surface area contributed by atoms with Crippen LogP contribution in [0.15, 0.2) is 24.8 Å². The molecular formula is C10H10N4. The first-order chi connectivity index (χ1) is 6.95. The molecule has 14 heavy (non-hydrogen) atoms. The summed E-state index contributed by atoms with van der Waals surface area (Å²) in [6.45, 7) is 2.21. The highest BCUT2D eigenvalue weighted by molar-refractivity contribution is 5.88. The Balaban J connectivity index is 2.22. The molecule has 0 saturated carbocycles. The van der Waals surface area contributed by atoms with E-state index in [1.807, 2.05) is 6.07 Å². The Morgan fingerprint density at radius 3 is 2.93 bits per heavy atom. The lowest BCUT2D eigenvalue weighted by molar-refractivity contribution is 0.611. The Bertz CT molecular complexity index is 459. The summed E-state index contributed by atoms with van der Waals surface area (Å²) in [5.74, 6) is 1.05. The number of rotatable bonds is 1. The molecule has 1 aliphatic rings. The second-order valence-electron chi connectivity index (χ2n) is 3.43. The van der Waals surface area contributed by atoms with Gasteiger partial charge in [0.05, 0.1) is 11.7 Å². The van der Waals surface area contributed by atoms with Crippen LogP contribution in [0.1, 0.15) is 6.42 Å². The second-order valence-corrected chi connectivity index (χ2v) is 3.43. The van der Waals surface area contributed by atoms with E-state index in [1.54, 1.807) is 18.7 Å². The quantitative estimate of drug-likeness (QED) is 0.671. The molecule has 0 unspecified atom stereocenters. The Hall–Kier alpha value is -1.71. The predicted molar refractivity (Wildman–Crippen MR) is 54.2 cm³/mol. The van der Waals surface area contributed by atoms with Gasteiger partial charge >= 0.3 is 0 Å². The van der Waals surface area contributed by atoms with E-state index in [9.17, 15) is 0 Å². The number of pyridine rings is 1. The third kappa shape index (κ3) is 1.04. The van der Waals surface area contributed by atoms with Crippen LogP contribution in [0.25, 0.3) is 10.9 Å². The molecule has 70 valence electrons. The van der Waals surface area contributed by atoms with Crippen LogP contribution in [-0.2, 0) is 0 Å². The topological polar surface area (TPSA) is 41.9 Å². The summed E-state index contributed by atoms with van der Waals surface area (Å²) in [4.78, 5) is 14.8. The van der Waals surface area contributed by atoms with Gasteiger partial charge in [0.25, 0.3) is 0 Å². The zero-order chi connectivity index (χ0) is 9.38. The summed E-state index contributed by atoms with van der Waals surface area (Å²) in [5.41, 5.74) is 0.921. The van der Waals surface area contributed by atoms with Crippen molar-refractivity contribution in [2.45, 2.75) is 6.42 Å². The molecule has 2 aromatic heterocycles. The molecule has 1 aliphatic heterocycles. The van der Waals surface area contributed by atoms with E-state index >= 15 is 0 Å². The summed E-state index contributed by atoms with van der Waals surface area (Å²) < 4.78 is 0. The Kier molecular flexibility index (Phi) is 1.59. The van der Waals surface area contributed by atoms with Crippen molar-refractivity contribution in [2.24, 2.45) is 0 Å². The van der Waals surface area contributed by atoms with Crippen LogP contribution in [-0.4, -0.2) is 28.0 Å². The van der Waals surface area contributed by atoms with Crippen LogP contribution in [0, 0.1) is 0 Å². The zero-order valence-corrected chi connectivity index (χ0v) is 7.72. The molecule has 3 heterocycles. The molecule has 0 atom stereocenters. The molecule has 4 heteroatoms. The van der Waals surface area contributed by atoms with Gasteiger partial charge in [0.1, 0.15) is 12.1 Å². The monoisotopic (exact) mass is 186 g/mol. The maximum atomic E-state index is 4.32. The number of aromatic nitrogens is 3. The van der Waals surface area contributed by atoms with Gasteiger partial charge in [-0.3, -0.25) is 4.98 Å². The number of fused-ring (bicyclic) bond motifs is 1. The fourth-order valence-electron chi connectivity index (χ4n) is 1.67. The molecule has 0 radical (unpaired) electrons. The van der Waals surface area contributed by atoms with Crippen LogP contribution in [0.3, 0.4) is 0 Å². The molecule has 0 spiro atoms. The van der Waals surface area contributed by atoms with Crippen molar-refractivity contribution in [3.63, 3.8) is 0 Å². The largest absolute Gasteiger partial charge is 0.356 e. The molecule has 0 aliphatic carbocycles. The van der Waals surface area contributed by atoms with Gasteiger partial charge in [0, 0.05) is 24.7 Å². The highest BCUT2D eigenvalue weighted by atomic mass is 15.2. The lowest BCUT2D eigenvalue weighted by atomic mass is 10.2. The number of nitrogens with zero attached hydrogens (tertiary/aromatic N) is 4. The summed E-state index contributed by atoms with van der Waals surface area (Å²) in [5, 5.41) is 1.10. The predicted octanol–water partition coefficient (Wildman–Crippen LogP) is 1.23. The number of hydrogen-bond acceptors (Lipinski definition) is 4. The maximum absolute atomic E-state index is 4.32. The first kappa shape index (κ1) is 7.67.